The maximum absolute atomic E-state index is 11.5. The highest BCUT2D eigenvalue weighted by atomic mass is 35.5. The Labute approximate surface area is 145 Å². The molecule has 0 heterocycles. The minimum atomic E-state index is -0.466. The highest BCUT2D eigenvalue weighted by Gasteiger charge is 2.02. The summed E-state index contributed by atoms with van der Waals surface area (Å²) in [6.45, 7) is 0.635. The molecule has 0 spiro atoms. The molecule has 0 saturated carbocycles. The highest BCUT2D eigenvalue weighted by molar-refractivity contribution is 6.36. The zero-order valence-electron chi connectivity index (χ0n) is 12.3. The smallest absolute Gasteiger partial charge is 0.407 e. The third-order valence-electron chi connectivity index (χ3n) is 2.91. The van der Waals surface area contributed by atoms with Gasteiger partial charge in [0.25, 0.3) is 0 Å². The summed E-state index contributed by atoms with van der Waals surface area (Å²) in [5, 5.41) is 3.67. The van der Waals surface area contributed by atoms with Crippen LogP contribution in [0, 0.1) is 11.8 Å². The molecule has 2 aromatic carbocycles. The van der Waals surface area contributed by atoms with E-state index in [0.717, 1.165) is 5.56 Å². The molecule has 5 heteroatoms. The maximum atomic E-state index is 11.5. The predicted molar refractivity (Wildman–Crippen MR) is 92.6 cm³/mol. The number of nitrogens with one attached hydrogen (secondary N) is 1. The van der Waals surface area contributed by atoms with E-state index in [1.807, 2.05) is 30.3 Å². The number of carbonyl (C=O) groups is 1. The number of benzene rings is 2. The number of rotatable bonds is 4. The average molecular weight is 348 g/mol. The van der Waals surface area contributed by atoms with Gasteiger partial charge in [-0.25, -0.2) is 4.79 Å². The van der Waals surface area contributed by atoms with E-state index in [4.69, 9.17) is 27.9 Å². The number of amides is 1. The van der Waals surface area contributed by atoms with E-state index in [0.29, 0.717) is 28.6 Å². The second kappa shape index (κ2) is 9.09. The van der Waals surface area contributed by atoms with Gasteiger partial charge in [-0.1, -0.05) is 71.4 Å². The lowest BCUT2D eigenvalue weighted by Crippen LogP contribution is -2.24. The molecule has 0 radical (unpaired) electrons. The molecule has 2 aromatic rings. The second-order valence-electron chi connectivity index (χ2n) is 4.64. The van der Waals surface area contributed by atoms with E-state index < -0.39 is 6.09 Å². The quantitative estimate of drug-likeness (QED) is 0.645. The van der Waals surface area contributed by atoms with Crippen LogP contribution in [0.1, 0.15) is 17.5 Å². The van der Waals surface area contributed by atoms with E-state index in [2.05, 4.69) is 17.2 Å². The normalized spacial score (nSPS) is 9.65. The fraction of sp³-hybridized carbons (Fsp3) is 0.167. The van der Waals surface area contributed by atoms with Crippen molar-refractivity contribution in [3.63, 3.8) is 0 Å². The number of hydrogen-bond donors (Lipinski definition) is 1. The molecular weight excluding hydrogens is 333 g/mol. The van der Waals surface area contributed by atoms with E-state index >= 15 is 0 Å². The molecule has 0 saturated heterocycles. The standard InChI is InChI=1S/C18H15Cl2NO2/c19-16-10-6-11-17(20)15(16)9-4-5-12-21-18(22)23-13-14-7-2-1-3-8-14/h1-3,6-8,10-11H,5,12-13H2,(H,21,22). The average Bonchev–Trinajstić information content (AvgIpc) is 2.56. The molecule has 1 N–H and O–H groups in total. The Hall–Kier alpha value is -2.15. The molecule has 118 valence electrons. The van der Waals surface area contributed by atoms with Crippen LogP contribution in [-0.4, -0.2) is 12.6 Å². The van der Waals surface area contributed by atoms with Crippen molar-refractivity contribution in [2.45, 2.75) is 13.0 Å². The van der Waals surface area contributed by atoms with Crippen molar-refractivity contribution in [1.82, 2.24) is 5.32 Å². The van der Waals surface area contributed by atoms with E-state index in [1.165, 1.54) is 0 Å². The van der Waals surface area contributed by atoms with Crippen LogP contribution >= 0.6 is 23.2 Å². The van der Waals surface area contributed by atoms with Gasteiger partial charge in [0.15, 0.2) is 0 Å². The largest absolute Gasteiger partial charge is 0.445 e. The summed E-state index contributed by atoms with van der Waals surface area (Å²) in [6.07, 6.45) is 0.00793. The van der Waals surface area contributed by atoms with Crippen LogP contribution in [0.2, 0.25) is 10.0 Å². The minimum Gasteiger partial charge on any atom is -0.445 e. The molecule has 3 nitrogen and oxygen atoms in total. The van der Waals surface area contributed by atoms with Gasteiger partial charge in [0, 0.05) is 13.0 Å². The van der Waals surface area contributed by atoms with E-state index in [-0.39, 0.29) is 6.61 Å². The molecule has 2 rings (SSSR count). The Morgan fingerprint density at radius 3 is 2.43 bits per heavy atom. The Balaban J connectivity index is 1.71. The number of alkyl carbamates (subject to hydrolysis) is 1. The van der Waals surface area contributed by atoms with Gasteiger partial charge >= 0.3 is 6.09 Å². The Bertz CT molecular complexity index is 701. The highest BCUT2D eigenvalue weighted by Crippen LogP contribution is 2.22. The third-order valence-corrected chi connectivity index (χ3v) is 3.54. The summed E-state index contributed by atoms with van der Waals surface area (Å²) in [5.74, 6) is 5.83. The first-order valence-electron chi connectivity index (χ1n) is 7.04. The molecule has 0 aliphatic carbocycles. The van der Waals surface area contributed by atoms with Gasteiger partial charge in [-0.05, 0) is 17.7 Å². The van der Waals surface area contributed by atoms with Gasteiger partial charge in [0.1, 0.15) is 6.61 Å². The zero-order valence-corrected chi connectivity index (χ0v) is 13.8. The van der Waals surface area contributed by atoms with Gasteiger partial charge in [-0.3, -0.25) is 0 Å². The van der Waals surface area contributed by atoms with Gasteiger partial charge in [-0.15, -0.1) is 0 Å². The van der Waals surface area contributed by atoms with Crippen molar-refractivity contribution >= 4 is 29.3 Å². The molecule has 0 aliphatic heterocycles. The fourth-order valence-corrected chi connectivity index (χ4v) is 2.26. The number of ether oxygens (including phenoxy) is 1. The number of hydrogen-bond acceptors (Lipinski definition) is 2. The molecule has 0 atom stereocenters. The van der Waals surface area contributed by atoms with Gasteiger partial charge in [-0.2, -0.15) is 0 Å². The number of carbonyl (C=O) groups excluding carboxylic acids is 1. The van der Waals surface area contributed by atoms with Crippen molar-refractivity contribution < 1.29 is 9.53 Å². The Kier molecular flexibility index (Phi) is 6.80. The summed E-state index contributed by atoms with van der Waals surface area (Å²) >= 11 is 12.0. The van der Waals surface area contributed by atoms with Crippen LogP contribution in [0.15, 0.2) is 48.5 Å². The van der Waals surface area contributed by atoms with Crippen LogP contribution in [0.5, 0.6) is 0 Å². The fourth-order valence-electron chi connectivity index (χ4n) is 1.77. The maximum Gasteiger partial charge on any atom is 0.407 e. The molecule has 23 heavy (non-hydrogen) atoms. The van der Waals surface area contributed by atoms with E-state index in [1.54, 1.807) is 18.2 Å². The topological polar surface area (TPSA) is 38.3 Å². The Morgan fingerprint density at radius 1 is 1.04 bits per heavy atom. The lowest BCUT2D eigenvalue weighted by molar-refractivity contribution is 0.140. The third kappa shape index (κ3) is 5.86. The zero-order chi connectivity index (χ0) is 16.5. The SMILES string of the molecule is O=C(NCCC#Cc1c(Cl)cccc1Cl)OCc1ccccc1. The van der Waals surface area contributed by atoms with Crippen LogP contribution in [0.4, 0.5) is 4.79 Å². The predicted octanol–water partition coefficient (Wildman–Crippen LogP) is 4.66. The van der Waals surface area contributed by atoms with Crippen molar-refractivity contribution in [2.24, 2.45) is 0 Å². The van der Waals surface area contributed by atoms with E-state index in [9.17, 15) is 4.79 Å². The summed E-state index contributed by atoms with van der Waals surface area (Å²) in [5.41, 5.74) is 1.54. The summed E-state index contributed by atoms with van der Waals surface area (Å²) in [7, 11) is 0. The molecule has 0 fully saturated rings. The van der Waals surface area contributed by atoms with Crippen molar-refractivity contribution in [3.05, 3.63) is 69.7 Å². The molecule has 0 bridgehead atoms. The van der Waals surface area contributed by atoms with Crippen molar-refractivity contribution in [1.29, 1.82) is 0 Å². The van der Waals surface area contributed by atoms with Gasteiger partial charge in [0.2, 0.25) is 0 Å². The summed E-state index contributed by atoms with van der Waals surface area (Å²) in [4.78, 5) is 11.5. The molecular formula is C18H15Cl2NO2. The molecule has 0 aliphatic rings. The summed E-state index contributed by atoms with van der Waals surface area (Å²) in [6, 6.07) is 14.7. The minimum absolute atomic E-state index is 0.244. The van der Waals surface area contributed by atoms with Crippen molar-refractivity contribution in [3.8, 4) is 11.8 Å². The van der Waals surface area contributed by atoms with Crippen LogP contribution in [-0.2, 0) is 11.3 Å². The second-order valence-corrected chi connectivity index (χ2v) is 5.45. The van der Waals surface area contributed by atoms with Crippen LogP contribution < -0.4 is 5.32 Å². The molecule has 0 aromatic heterocycles. The van der Waals surface area contributed by atoms with Gasteiger partial charge < -0.3 is 10.1 Å². The lowest BCUT2D eigenvalue weighted by Gasteiger charge is -2.05. The Morgan fingerprint density at radius 2 is 1.74 bits per heavy atom. The summed E-state index contributed by atoms with van der Waals surface area (Å²) < 4.78 is 5.09. The molecule has 1 amide bonds. The van der Waals surface area contributed by atoms with Crippen LogP contribution in [0.25, 0.3) is 0 Å². The van der Waals surface area contributed by atoms with Gasteiger partial charge in [0.05, 0.1) is 15.6 Å². The van der Waals surface area contributed by atoms with Crippen LogP contribution in [0.3, 0.4) is 0 Å². The van der Waals surface area contributed by atoms with Crippen molar-refractivity contribution in [2.75, 3.05) is 6.54 Å². The first-order chi connectivity index (χ1) is 11.2. The monoisotopic (exact) mass is 347 g/mol. The lowest BCUT2D eigenvalue weighted by atomic mass is 10.2. The number of halogens is 2. The molecule has 0 unspecified atom stereocenters. The first kappa shape index (κ1) is 17.2. The first-order valence-corrected chi connectivity index (χ1v) is 7.80.